The third kappa shape index (κ3) is 4.66. The van der Waals surface area contributed by atoms with Gasteiger partial charge >= 0.3 is 6.18 Å². The molecule has 18 heavy (non-hydrogen) atoms. The Morgan fingerprint density at radius 2 is 2.00 bits per heavy atom. The number of benzene rings is 1. The largest absolute Gasteiger partial charge is 0.394 e. The summed E-state index contributed by atoms with van der Waals surface area (Å²) in [5, 5.41) is 0. The van der Waals surface area contributed by atoms with Crippen molar-refractivity contribution in [3.05, 3.63) is 35.4 Å². The molecule has 0 aliphatic carbocycles. The summed E-state index contributed by atoms with van der Waals surface area (Å²) in [7, 11) is 1.68. The van der Waals surface area contributed by atoms with Crippen molar-refractivity contribution in [2.45, 2.75) is 19.6 Å². The first-order valence-corrected chi connectivity index (χ1v) is 5.83. The van der Waals surface area contributed by atoms with Crippen LogP contribution in [0.1, 0.15) is 11.1 Å². The van der Waals surface area contributed by atoms with Gasteiger partial charge in [-0.15, -0.1) is 0 Å². The number of nitrogens with zero attached hydrogens (tertiary/aromatic N) is 1. The van der Waals surface area contributed by atoms with E-state index in [0.717, 1.165) is 11.1 Å². The molecule has 0 aromatic heterocycles. The van der Waals surface area contributed by atoms with Crippen LogP contribution in [0.4, 0.5) is 13.2 Å². The van der Waals surface area contributed by atoms with Crippen LogP contribution in [0.15, 0.2) is 24.3 Å². The Labute approximate surface area is 106 Å². The molecule has 1 unspecified atom stereocenters. The molecule has 0 heterocycles. The Morgan fingerprint density at radius 3 is 2.50 bits per heavy atom. The first-order chi connectivity index (χ1) is 8.32. The Hall–Kier alpha value is -1.07. The van der Waals surface area contributed by atoms with Gasteiger partial charge in [0, 0.05) is 19.6 Å². The highest BCUT2D eigenvalue weighted by Gasteiger charge is 2.38. The van der Waals surface area contributed by atoms with E-state index >= 15 is 0 Å². The summed E-state index contributed by atoms with van der Waals surface area (Å²) < 4.78 is 37.7. The Balaban J connectivity index is 2.58. The van der Waals surface area contributed by atoms with Crippen LogP contribution in [0.25, 0.3) is 0 Å². The average molecular weight is 260 g/mol. The summed E-state index contributed by atoms with van der Waals surface area (Å²) in [6.45, 7) is 2.01. The zero-order valence-electron chi connectivity index (χ0n) is 10.7. The Kier molecular flexibility index (Phi) is 5.16. The van der Waals surface area contributed by atoms with Gasteiger partial charge in [-0.1, -0.05) is 29.8 Å². The number of nitrogens with two attached hydrogens (primary N) is 1. The number of hydrogen-bond donors (Lipinski definition) is 1. The third-order valence-electron chi connectivity index (χ3n) is 2.81. The minimum atomic E-state index is -4.23. The van der Waals surface area contributed by atoms with E-state index in [1.54, 1.807) is 11.9 Å². The van der Waals surface area contributed by atoms with Gasteiger partial charge in [0.05, 0.1) is 5.92 Å². The smallest absolute Gasteiger partial charge is 0.330 e. The minimum absolute atomic E-state index is 0.0755. The van der Waals surface area contributed by atoms with Gasteiger partial charge in [-0.05, 0) is 19.5 Å². The Bertz CT molecular complexity index is 377. The summed E-state index contributed by atoms with van der Waals surface area (Å²) in [5.74, 6) is -1.47. The number of alkyl halides is 3. The van der Waals surface area contributed by atoms with Crippen molar-refractivity contribution in [2.75, 3.05) is 20.1 Å². The van der Waals surface area contributed by atoms with Gasteiger partial charge in [0.1, 0.15) is 0 Å². The van der Waals surface area contributed by atoms with Crippen molar-refractivity contribution >= 4 is 0 Å². The maximum Gasteiger partial charge on any atom is 0.394 e. The molecule has 0 amide bonds. The fourth-order valence-electron chi connectivity index (χ4n) is 1.87. The zero-order chi connectivity index (χ0) is 13.8. The molecule has 1 atom stereocenters. The van der Waals surface area contributed by atoms with Gasteiger partial charge in [-0.25, -0.2) is 0 Å². The quantitative estimate of drug-likeness (QED) is 0.881. The lowest BCUT2D eigenvalue weighted by atomic mass is 10.1. The van der Waals surface area contributed by atoms with Gasteiger partial charge in [0.15, 0.2) is 0 Å². The monoisotopic (exact) mass is 260 g/mol. The molecule has 0 spiro atoms. The van der Waals surface area contributed by atoms with Gasteiger partial charge in [-0.2, -0.15) is 13.2 Å². The first-order valence-electron chi connectivity index (χ1n) is 5.83. The second-order valence-corrected chi connectivity index (χ2v) is 4.66. The molecule has 0 fully saturated rings. The van der Waals surface area contributed by atoms with E-state index < -0.39 is 12.1 Å². The molecule has 102 valence electrons. The summed E-state index contributed by atoms with van der Waals surface area (Å²) in [4.78, 5) is 1.65. The lowest BCUT2D eigenvalue weighted by Gasteiger charge is -2.25. The van der Waals surface area contributed by atoms with Gasteiger partial charge in [0.2, 0.25) is 0 Å². The van der Waals surface area contributed by atoms with Crippen LogP contribution >= 0.6 is 0 Å². The van der Waals surface area contributed by atoms with E-state index in [9.17, 15) is 13.2 Å². The summed E-state index contributed by atoms with van der Waals surface area (Å²) >= 11 is 0. The second-order valence-electron chi connectivity index (χ2n) is 4.66. The predicted molar refractivity (Wildman–Crippen MR) is 66.1 cm³/mol. The second kappa shape index (κ2) is 6.20. The van der Waals surface area contributed by atoms with E-state index in [4.69, 9.17) is 5.73 Å². The molecular weight excluding hydrogens is 241 g/mol. The number of hydrogen-bond acceptors (Lipinski definition) is 2. The van der Waals surface area contributed by atoms with Gasteiger partial charge in [0.25, 0.3) is 0 Å². The van der Waals surface area contributed by atoms with Crippen molar-refractivity contribution in [2.24, 2.45) is 11.7 Å². The fraction of sp³-hybridized carbons (Fsp3) is 0.538. The topological polar surface area (TPSA) is 29.3 Å². The van der Waals surface area contributed by atoms with E-state index in [2.05, 4.69) is 0 Å². The normalized spacial score (nSPS) is 13.9. The summed E-state index contributed by atoms with van der Waals surface area (Å²) in [5.41, 5.74) is 7.29. The molecule has 0 saturated carbocycles. The van der Waals surface area contributed by atoms with E-state index in [-0.39, 0.29) is 13.1 Å². The molecule has 1 aromatic carbocycles. The van der Waals surface area contributed by atoms with E-state index in [1.165, 1.54) is 0 Å². The molecular formula is C13H19F3N2. The average Bonchev–Trinajstić information content (AvgIpc) is 2.24. The van der Waals surface area contributed by atoms with Gasteiger partial charge in [-0.3, -0.25) is 0 Å². The zero-order valence-corrected chi connectivity index (χ0v) is 10.7. The van der Waals surface area contributed by atoms with Crippen LogP contribution in [0, 0.1) is 12.8 Å². The first kappa shape index (κ1) is 15.0. The molecule has 2 nitrogen and oxygen atoms in total. The minimum Gasteiger partial charge on any atom is -0.330 e. The Morgan fingerprint density at radius 1 is 1.33 bits per heavy atom. The molecule has 0 saturated heterocycles. The molecule has 2 N–H and O–H groups in total. The summed E-state index contributed by atoms with van der Waals surface area (Å²) in [6, 6.07) is 7.75. The van der Waals surface area contributed by atoms with E-state index in [1.807, 2.05) is 31.2 Å². The third-order valence-corrected chi connectivity index (χ3v) is 2.81. The van der Waals surface area contributed by atoms with Crippen LogP contribution in [-0.2, 0) is 6.54 Å². The molecule has 1 aromatic rings. The van der Waals surface area contributed by atoms with Crippen molar-refractivity contribution in [3.63, 3.8) is 0 Å². The van der Waals surface area contributed by atoms with Gasteiger partial charge < -0.3 is 10.6 Å². The van der Waals surface area contributed by atoms with Crippen molar-refractivity contribution in [3.8, 4) is 0 Å². The fourth-order valence-corrected chi connectivity index (χ4v) is 1.87. The standard InChI is InChI=1S/C13H19F3N2/c1-10-4-3-5-11(6-10)8-18(2)9-12(7-17)13(14,15)16/h3-6,12H,7-9,17H2,1-2H3. The number of rotatable bonds is 5. The number of halogens is 3. The highest BCUT2D eigenvalue weighted by molar-refractivity contribution is 5.21. The van der Waals surface area contributed by atoms with Crippen LogP contribution in [0.5, 0.6) is 0 Å². The maximum absolute atomic E-state index is 12.6. The number of aryl methyl sites for hydroxylation is 1. The SMILES string of the molecule is Cc1cccc(CN(C)CC(CN)C(F)(F)F)c1. The van der Waals surface area contributed by atoms with Crippen LogP contribution in [-0.4, -0.2) is 31.2 Å². The van der Waals surface area contributed by atoms with Crippen molar-refractivity contribution < 1.29 is 13.2 Å². The molecule has 1 rings (SSSR count). The van der Waals surface area contributed by atoms with Crippen molar-refractivity contribution in [1.82, 2.24) is 4.90 Å². The molecule has 0 aliphatic heterocycles. The summed E-state index contributed by atoms with van der Waals surface area (Å²) in [6.07, 6.45) is -4.23. The predicted octanol–water partition coefficient (Wildman–Crippen LogP) is 2.56. The molecule has 0 bridgehead atoms. The lowest BCUT2D eigenvalue weighted by Crippen LogP contribution is -2.39. The maximum atomic E-state index is 12.6. The van der Waals surface area contributed by atoms with Crippen LogP contribution in [0.3, 0.4) is 0 Å². The highest BCUT2D eigenvalue weighted by Crippen LogP contribution is 2.26. The van der Waals surface area contributed by atoms with Crippen LogP contribution in [0.2, 0.25) is 0 Å². The van der Waals surface area contributed by atoms with Crippen molar-refractivity contribution in [1.29, 1.82) is 0 Å². The molecule has 0 aliphatic rings. The highest BCUT2D eigenvalue weighted by atomic mass is 19.4. The van der Waals surface area contributed by atoms with Crippen LogP contribution < -0.4 is 5.73 Å². The molecule has 5 heteroatoms. The molecule has 0 radical (unpaired) electrons. The van der Waals surface area contributed by atoms with E-state index in [0.29, 0.717) is 6.54 Å². The lowest BCUT2D eigenvalue weighted by molar-refractivity contribution is -0.175.